The molecule has 1 aliphatic rings. The quantitative estimate of drug-likeness (QED) is 0.927. The van der Waals surface area contributed by atoms with Crippen LogP contribution in [0, 0.1) is 0 Å². The average Bonchev–Trinajstić information content (AvgIpc) is 2.46. The van der Waals surface area contributed by atoms with E-state index in [9.17, 15) is 5.11 Å². The Bertz CT molecular complexity index is 616. The molecule has 0 unspecified atom stereocenters. The summed E-state index contributed by atoms with van der Waals surface area (Å²) in [4.78, 5) is 13.8. The van der Waals surface area contributed by atoms with Gasteiger partial charge in [0.2, 0.25) is 0 Å². The Morgan fingerprint density at radius 1 is 1.29 bits per heavy atom. The van der Waals surface area contributed by atoms with Crippen molar-refractivity contribution >= 4 is 16.9 Å². The van der Waals surface area contributed by atoms with E-state index in [1.165, 1.54) is 0 Å². The highest BCUT2D eigenvalue weighted by molar-refractivity contribution is 5.75. The van der Waals surface area contributed by atoms with E-state index in [4.69, 9.17) is 4.98 Å². The van der Waals surface area contributed by atoms with Crippen LogP contribution in [0.4, 0.5) is 5.82 Å². The van der Waals surface area contributed by atoms with Gasteiger partial charge in [0.05, 0.1) is 23.3 Å². The zero-order chi connectivity index (χ0) is 14.8. The summed E-state index contributed by atoms with van der Waals surface area (Å²) in [6.07, 6.45) is 1.59. The minimum Gasteiger partial charge on any atom is -0.392 e. The number of aliphatic hydroxyl groups is 1. The van der Waals surface area contributed by atoms with Crippen LogP contribution in [0.2, 0.25) is 0 Å². The Morgan fingerprint density at radius 3 is 2.76 bits per heavy atom. The van der Waals surface area contributed by atoms with Gasteiger partial charge in [-0.15, -0.1) is 0 Å². The first-order chi connectivity index (χ1) is 10.1. The summed E-state index contributed by atoms with van der Waals surface area (Å²) >= 11 is 0. The molecular formula is C16H22N4O. The number of para-hydroxylation sites is 2. The fourth-order valence-electron chi connectivity index (χ4n) is 3.00. The Kier molecular flexibility index (Phi) is 4.03. The first-order valence-electron chi connectivity index (χ1n) is 7.52. The molecule has 112 valence electrons. The van der Waals surface area contributed by atoms with Crippen LogP contribution in [0.15, 0.2) is 30.5 Å². The lowest BCUT2D eigenvalue weighted by atomic mass is 10.2. The van der Waals surface area contributed by atoms with Crippen LogP contribution in [0.5, 0.6) is 0 Å². The van der Waals surface area contributed by atoms with Crippen molar-refractivity contribution in [1.29, 1.82) is 0 Å². The van der Waals surface area contributed by atoms with Gasteiger partial charge in [-0.1, -0.05) is 12.1 Å². The minimum absolute atomic E-state index is 0.274. The monoisotopic (exact) mass is 286 g/mol. The smallest absolute Gasteiger partial charge is 0.148 e. The van der Waals surface area contributed by atoms with E-state index in [1.807, 2.05) is 37.4 Å². The number of β-amino-alcohol motifs (C(OH)–C–C–N with tert-alkyl or cyclic N) is 1. The second-order valence-electron chi connectivity index (χ2n) is 5.87. The molecule has 3 rings (SSSR count). The molecule has 0 bridgehead atoms. The summed E-state index contributed by atoms with van der Waals surface area (Å²) in [5, 5.41) is 9.51. The van der Waals surface area contributed by atoms with Gasteiger partial charge in [-0.25, -0.2) is 4.98 Å². The number of anilines is 1. The number of hydrogen-bond donors (Lipinski definition) is 1. The van der Waals surface area contributed by atoms with Crippen molar-refractivity contribution in [1.82, 2.24) is 14.9 Å². The summed E-state index contributed by atoms with van der Waals surface area (Å²) in [6.45, 7) is 7.59. The van der Waals surface area contributed by atoms with Gasteiger partial charge < -0.3 is 10.0 Å². The van der Waals surface area contributed by atoms with E-state index in [-0.39, 0.29) is 6.10 Å². The lowest BCUT2D eigenvalue weighted by Crippen LogP contribution is -2.53. The fraction of sp³-hybridized carbons (Fsp3) is 0.500. The number of aliphatic hydroxyl groups excluding tert-OH is 1. The minimum atomic E-state index is -0.274. The summed E-state index contributed by atoms with van der Waals surface area (Å²) in [7, 11) is 0. The van der Waals surface area contributed by atoms with E-state index in [1.54, 1.807) is 0 Å². The van der Waals surface area contributed by atoms with Gasteiger partial charge in [0.15, 0.2) is 0 Å². The average molecular weight is 286 g/mol. The van der Waals surface area contributed by atoms with Crippen LogP contribution >= 0.6 is 0 Å². The SMILES string of the molecule is C[C@H](O)CN1CCN(c2cnc3ccccc3n2)[C@H](C)C1. The second-order valence-corrected chi connectivity index (χ2v) is 5.87. The molecule has 1 N–H and O–H groups in total. The van der Waals surface area contributed by atoms with E-state index in [2.05, 4.69) is 21.7 Å². The highest BCUT2D eigenvalue weighted by Gasteiger charge is 2.25. The zero-order valence-electron chi connectivity index (χ0n) is 12.6. The molecule has 1 saturated heterocycles. The van der Waals surface area contributed by atoms with E-state index < -0.39 is 0 Å². The van der Waals surface area contributed by atoms with Crippen LogP contribution in [-0.4, -0.2) is 58.3 Å². The number of nitrogens with zero attached hydrogens (tertiary/aromatic N) is 4. The molecule has 0 radical (unpaired) electrons. The first kappa shape index (κ1) is 14.2. The molecule has 1 aromatic carbocycles. The summed E-state index contributed by atoms with van der Waals surface area (Å²) in [5.41, 5.74) is 1.87. The molecule has 0 spiro atoms. The van der Waals surface area contributed by atoms with Gasteiger partial charge in [0.1, 0.15) is 5.82 Å². The number of hydrogen-bond acceptors (Lipinski definition) is 5. The third-order valence-electron chi connectivity index (χ3n) is 3.96. The van der Waals surface area contributed by atoms with E-state index in [0.717, 1.165) is 43.0 Å². The Hall–Kier alpha value is -1.72. The van der Waals surface area contributed by atoms with Gasteiger partial charge in [0.25, 0.3) is 0 Å². The van der Waals surface area contributed by atoms with Crippen molar-refractivity contribution in [2.24, 2.45) is 0 Å². The van der Waals surface area contributed by atoms with Crippen molar-refractivity contribution in [3.8, 4) is 0 Å². The van der Waals surface area contributed by atoms with Gasteiger partial charge in [-0.05, 0) is 26.0 Å². The van der Waals surface area contributed by atoms with Crippen LogP contribution in [-0.2, 0) is 0 Å². The lowest BCUT2D eigenvalue weighted by Gasteiger charge is -2.40. The Labute approximate surface area is 125 Å². The molecule has 5 heteroatoms. The third kappa shape index (κ3) is 3.14. The van der Waals surface area contributed by atoms with Gasteiger partial charge in [-0.3, -0.25) is 9.88 Å². The predicted molar refractivity (Wildman–Crippen MR) is 84.5 cm³/mol. The van der Waals surface area contributed by atoms with Crippen molar-refractivity contribution < 1.29 is 5.11 Å². The number of aromatic nitrogens is 2. The molecule has 2 aromatic rings. The van der Waals surface area contributed by atoms with E-state index in [0.29, 0.717) is 6.04 Å². The van der Waals surface area contributed by atoms with Gasteiger partial charge in [-0.2, -0.15) is 0 Å². The molecule has 1 aliphatic heterocycles. The molecule has 0 amide bonds. The summed E-state index contributed by atoms with van der Waals surface area (Å²) in [5.74, 6) is 0.942. The Balaban J connectivity index is 1.77. The third-order valence-corrected chi connectivity index (χ3v) is 3.96. The highest BCUT2D eigenvalue weighted by atomic mass is 16.3. The molecule has 1 aromatic heterocycles. The zero-order valence-corrected chi connectivity index (χ0v) is 12.6. The van der Waals surface area contributed by atoms with Gasteiger partial charge >= 0.3 is 0 Å². The first-order valence-corrected chi connectivity index (χ1v) is 7.52. The van der Waals surface area contributed by atoms with Gasteiger partial charge in [0, 0.05) is 32.2 Å². The van der Waals surface area contributed by atoms with Crippen molar-refractivity contribution in [2.45, 2.75) is 26.0 Å². The number of benzene rings is 1. The van der Waals surface area contributed by atoms with Crippen molar-refractivity contribution in [3.05, 3.63) is 30.5 Å². The maximum absolute atomic E-state index is 9.51. The van der Waals surface area contributed by atoms with Crippen LogP contribution in [0.1, 0.15) is 13.8 Å². The molecule has 0 aliphatic carbocycles. The lowest BCUT2D eigenvalue weighted by molar-refractivity contribution is 0.114. The predicted octanol–water partition coefficient (Wildman–Crippen LogP) is 1.52. The van der Waals surface area contributed by atoms with Crippen LogP contribution < -0.4 is 4.90 Å². The maximum Gasteiger partial charge on any atom is 0.148 e. The molecule has 2 heterocycles. The fourth-order valence-corrected chi connectivity index (χ4v) is 3.00. The second kappa shape index (κ2) is 5.95. The van der Waals surface area contributed by atoms with Crippen molar-refractivity contribution in [3.63, 3.8) is 0 Å². The normalized spacial score (nSPS) is 21.7. The number of piperazine rings is 1. The number of fused-ring (bicyclic) bond motifs is 1. The maximum atomic E-state index is 9.51. The topological polar surface area (TPSA) is 52.5 Å². The Morgan fingerprint density at radius 2 is 2.05 bits per heavy atom. The standard InChI is InChI=1S/C16H22N4O/c1-12-10-19(11-13(2)21)7-8-20(12)16-9-17-14-5-3-4-6-15(14)18-16/h3-6,9,12-13,21H,7-8,10-11H2,1-2H3/t12-,13+/m1/s1. The highest BCUT2D eigenvalue weighted by Crippen LogP contribution is 2.20. The molecule has 0 saturated carbocycles. The molecule has 1 fully saturated rings. The van der Waals surface area contributed by atoms with Crippen molar-refractivity contribution in [2.75, 3.05) is 31.1 Å². The summed E-state index contributed by atoms with van der Waals surface area (Å²) < 4.78 is 0. The van der Waals surface area contributed by atoms with Crippen LogP contribution in [0.3, 0.4) is 0 Å². The number of rotatable bonds is 3. The summed E-state index contributed by atoms with van der Waals surface area (Å²) in [6, 6.07) is 8.32. The molecule has 21 heavy (non-hydrogen) atoms. The molecular weight excluding hydrogens is 264 g/mol. The largest absolute Gasteiger partial charge is 0.392 e. The molecule has 5 nitrogen and oxygen atoms in total. The van der Waals surface area contributed by atoms with E-state index >= 15 is 0 Å². The molecule has 2 atom stereocenters. The van der Waals surface area contributed by atoms with Crippen LogP contribution in [0.25, 0.3) is 11.0 Å².